The lowest BCUT2D eigenvalue weighted by molar-refractivity contribution is 0.723. The summed E-state index contributed by atoms with van der Waals surface area (Å²) in [5.41, 5.74) is 8.40. The van der Waals surface area contributed by atoms with Crippen LogP contribution in [0.5, 0.6) is 0 Å². The monoisotopic (exact) mass is 384 g/mol. The molecule has 0 amide bonds. The van der Waals surface area contributed by atoms with Gasteiger partial charge in [0.25, 0.3) is 0 Å². The zero-order chi connectivity index (χ0) is 20.0. The predicted octanol–water partition coefficient (Wildman–Crippen LogP) is 3.96. The molecule has 1 aliphatic rings. The molecular weight excluding hydrogens is 360 g/mol. The molecule has 6 heteroatoms. The summed E-state index contributed by atoms with van der Waals surface area (Å²) in [6.45, 7) is 3.92. The Kier molecular flexibility index (Phi) is 4.19. The zero-order valence-electron chi connectivity index (χ0n) is 17.0. The van der Waals surface area contributed by atoms with E-state index in [4.69, 9.17) is 4.98 Å². The van der Waals surface area contributed by atoms with E-state index in [9.17, 15) is 0 Å². The molecule has 1 N–H and O–H groups in total. The van der Waals surface area contributed by atoms with Crippen LogP contribution in [-0.4, -0.2) is 40.8 Å². The lowest BCUT2D eigenvalue weighted by Crippen LogP contribution is -2.31. The number of aryl methyl sites for hydroxylation is 1. The quantitative estimate of drug-likeness (QED) is 0.579. The van der Waals surface area contributed by atoms with Crippen molar-refractivity contribution >= 4 is 22.4 Å². The van der Waals surface area contributed by atoms with Crippen molar-refractivity contribution in [2.24, 2.45) is 0 Å². The average Bonchev–Trinajstić information content (AvgIpc) is 3.27. The van der Waals surface area contributed by atoms with Crippen LogP contribution in [0.25, 0.3) is 22.0 Å². The molecule has 2 aromatic heterocycles. The molecule has 0 radical (unpaired) electrons. The Morgan fingerprint density at radius 3 is 2.72 bits per heavy atom. The maximum atomic E-state index is 4.71. The summed E-state index contributed by atoms with van der Waals surface area (Å²) in [7, 11) is 4.17. The summed E-state index contributed by atoms with van der Waals surface area (Å²) in [4.78, 5) is 13.8. The zero-order valence-corrected chi connectivity index (χ0v) is 17.0. The summed E-state index contributed by atoms with van der Waals surface area (Å²) in [6, 6.07) is 11.1. The molecule has 5 rings (SSSR count). The lowest BCUT2D eigenvalue weighted by Gasteiger charge is -2.31. The standard InChI is InChI=1S/C23H24N6/c1-15-8-17(19-11-26-27-12-19)10-21-22(15)24-14-25-23(21)29-7-6-16-4-5-20(28(2)3)9-18(16)13-29/h4-5,8-12,14H,6-7,13H2,1-3H3,(H,26,27). The fourth-order valence-electron chi connectivity index (χ4n) is 4.16. The van der Waals surface area contributed by atoms with Gasteiger partial charge >= 0.3 is 0 Å². The smallest absolute Gasteiger partial charge is 0.140 e. The molecule has 4 aromatic rings. The van der Waals surface area contributed by atoms with Gasteiger partial charge in [0.1, 0.15) is 12.1 Å². The first-order chi connectivity index (χ1) is 14.1. The van der Waals surface area contributed by atoms with E-state index in [1.54, 1.807) is 6.33 Å². The van der Waals surface area contributed by atoms with E-state index in [1.807, 2.05) is 12.4 Å². The minimum atomic E-state index is 0.859. The van der Waals surface area contributed by atoms with E-state index >= 15 is 0 Å². The second-order valence-electron chi connectivity index (χ2n) is 7.89. The van der Waals surface area contributed by atoms with Gasteiger partial charge in [0, 0.05) is 50.0 Å². The molecular formula is C23H24N6. The van der Waals surface area contributed by atoms with Crippen LogP contribution < -0.4 is 9.80 Å². The van der Waals surface area contributed by atoms with E-state index in [0.717, 1.165) is 52.9 Å². The highest BCUT2D eigenvalue weighted by Gasteiger charge is 2.21. The summed E-state index contributed by atoms with van der Waals surface area (Å²) < 4.78 is 0. The molecule has 146 valence electrons. The van der Waals surface area contributed by atoms with Crippen LogP contribution in [0.15, 0.2) is 49.1 Å². The van der Waals surface area contributed by atoms with Crippen LogP contribution in [0.3, 0.4) is 0 Å². The number of hydrogen-bond acceptors (Lipinski definition) is 5. The number of nitrogens with one attached hydrogen (secondary N) is 1. The van der Waals surface area contributed by atoms with Crippen molar-refractivity contribution in [2.75, 3.05) is 30.4 Å². The molecule has 0 bridgehead atoms. The van der Waals surface area contributed by atoms with Gasteiger partial charge in [0.15, 0.2) is 0 Å². The third kappa shape index (κ3) is 3.10. The highest BCUT2D eigenvalue weighted by atomic mass is 15.2. The fourth-order valence-corrected chi connectivity index (χ4v) is 4.16. The molecule has 2 aromatic carbocycles. The van der Waals surface area contributed by atoms with Crippen molar-refractivity contribution < 1.29 is 0 Å². The van der Waals surface area contributed by atoms with Crippen molar-refractivity contribution in [1.82, 2.24) is 20.2 Å². The second kappa shape index (κ2) is 6.88. The third-order valence-electron chi connectivity index (χ3n) is 5.76. The number of anilines is 2. The number of aromatic nitrogens is 4. The Bertz CT molecular complexity index is 1180. The van der Waals surface area contributed by atoms with Gasteiger partial charge in [0.2, 0.25) is 0 Å². The highest BCUT2D eigenvalue weighted by molar-refractivity contribution is 5.95. The molecule has 0 fully saturated rings. The first kappa shape index (κ1) is 17.7. The maximum Gasteiger partial charge on any atom is 0.140 e. The van der Waals surface area contributed by atoms with Crippen LogP contribution in [-0.2, 0) is 13.0 Å². The van der Waals surface area contributed by atoms with Crippen LogP contribution >= 0.6 is 0 Å². The van der Waals surface area contributed by atoms with Crippen LogP contribution in [0.1, 0.15) is 16.7 Å². The molecule has 6 nitrogen and oxygen atoms in total. The Hall–Kier alpha value is -3.41. The van der Waals surface area contributed by atoms with Crippen LogP contribution in [0.4, 0.5) is 11.5 Å². The van der Waals surface area contributed by atoms with Crippen molar-refractivity contribution in [3.05, 3.63) is 65.7 Å². The van der Waals surface area contributed by atoms with Crippen molar-refractivity contribution in [3.63, 3.8) is 0 Å². The summed E-state index contributed by atoms with van der Waals surface area (Å²) in [6.07, 6.45) is 6.48. The normalized spacial score (nSPS) is 13.6. The van der Waals surface area contributed by atoms with E-state index in [1.165, 1.54) is 16.8 Å². The third-order valence-corrected chi connectivity index (χ3v) is 5.76. The van der Waals surface area contributed by atoms with Crippen molar-refractivity contribution in [2.45, 2.75) is 19.9 Å². The van der Waals surface area contributed by atoms with Gasteiger partial charge < -0.3 is 9.80 Å². The summed E-state index contributed by atoms with van der Waals surface area (Å²) in [5, 5.41) is 8.09. The van der Waals surface area contributed by atoms with Crippen LogP contribution in [0, 0.1) is 6.92 Å². The Balaban J connectivity index is 1.59. The number of H-pyrrole nitrogens is 1. The second-order valence-corrected chi connectivity index (χ2v) is 7.89. The molecule has 1 aliphatic heterocycles. The van der Waals surface area contributed by atoms with Crippen molar-refractivity contribution in [1.29, 1.82) is 0 Å². The molecule has 0 atom stereocenters. The molecule has 29 heavy (non-hydrogen) atoms. The highest BCUT2D eigenvalue weighted by Crippen LogP contribution is 2.33. The largest absolute Gasteiger partial charge is 0.378 e. The van der Waals surface area contributed by atoms with Gasteiger partial charge in [-0.2, -0.15) is 5.10 Å². The van der Waals surface area contributed by atoms with E-state index in [2.05, 4.69) is 76.3 Å². The molecule has 0 saturated heterocycles. The first-order valence-corrected chi connectivity index (χ1v) is 9.89. The molecule has 3 heterocycles. The van der Waals surface area contributed by atoms with Gasteiger partial charge in [-0.25, -0.2) is 9.97 Å². The Morgan fingerprint density at radius 2 is 1.93 bits per heavy atom. The number of benzene rings is 2. The van der Waals surface area contributed by atoms with Gasteiger partial charge in [-0.1, -0.05) is 6.07 Å². The van der Waals surface area contributed by atoms with Gasteiger partial charge in [-0.15, -0.1) is 0 Å². The average molecular weight is 384 g/mol. The fraction of sp³-hybridized carbons (Fsp3) is 0.261. The predicted molar refractivity (Wildman–Crippen MR) is 117 cm³/mol. The van der Waals surface area contributed by atoms with Crippen LogP contribution in [0.2, 0.25) is 0 Å². The summed E-state index contributed by atoms with van der Waals surface area (Å²) in [5.74, 6) is 1.00. The number of fused-ring (bicyclic) bond motifs is 2. The maximum absolute atomic E-state index is 4.71. The SMILES string of the molecule is Cc1cc(-c2cn[nH]c2)cc2c(N3CCc4ccc(N(C)C)cc4C3)ncnc12. The molecule has 0 spiro atoms. The summed E-state index contributed by atoms with van der Waals surface area (Å²) >= 11 is 0. The minimum Gasteiger partial charge on any atom is -0.378 e. The molecule has 0 saturated carbocycles. The number of aromatic amines is 1. The topological polar surface area (TPSA) is 60.9 Å². The Labute approximate surface area is 170 Å². The van der Waals surface area contributed by atoms with Crippen molar-refractivity contribution in [3.8, 4) is 11.1 Å². The molecule has 0 aliphatic carbocycles. The number of nitrogens with zero attached hydrogens (tertiary/aromatic N) is 5. The first-order valence-electron chi connectivity index (χ1n) is 9.89. The van der Waals surface area contributed by atoms with E-state index in [0.29, 0.717) is 0 Å². The van der Waals surface area contributed by atoms with E-state index in [-0.39, 0.29) is 0 Å². The van der Waals surface area contributed by atoms with Gasteiger partial charge in [-0.3, -0.25) is 5.10 Å². The molecule has 0 unspecified atom stereocenters. The van der Waals surface area contributed by atoms with Gasteiger partial charge in [0.05, 0.1) is 11.7 Å². The number of rotatable bonds is 3. The Morgan fingerprint density at radius 1 is 1.03 bits per heavy atom. The minimum absolute atomic E-state index is 0.859. The number of hydrogen-bond donors (Lipinski definition) is 1. The van der Waals surface area contributed by atoms with E-state index < -0.39 is 0 Å². The van der Waals surface area contributed by atoms with Gasteiger partial charge in [-0.05, 0) is 59.9 Å². The lowest BCUT2D eigenvalue weighted by atomic mass is 9.98.